The Bertz CT molecular complexity index is 565. The lowest BCUT2D eigenvalue weighted by atomic mass is 10.0. The number of benzene rings is 1. The number of piperazine rings is 1. The minimum absolute atomic E-state index is 0.530. The molecule has 2 fully saturated rings. The maximum Gasteiger partial charge on any atom is 0.193 e. The summed E-state index contributed by atoms with van der Waals surface area (Å²) >= 11 is 0. The first-order valence-corrected chi connectivity index (χ1v) is 10.1. The normalized spacial score (nSPS) is 24.0. The molecule has 2 unspecified atom stereocenters. The van der Waals surface area contributed by atoms with E-state index in [0.29, 0.717) is 6.04 Å². The number of hydrogen-bond donors (Lipinski definition) is 1. The van der Waals surface area contributed by atoms with Gasteiger partial charge in [-0.25, -0.2) is 0 Å². The maximum atomic E-state index is 4.54. The van der Waals surface area contributed by atoms with Crippen molar-refractivity contribution in [2.75, 3.05) is 59.9 Å². The van der Waals surface area contributed by atoms with Crippen molar-refractivity contribution in [1.29, 1.82) is 0 Å². The molecule has 2 aliphatic rings. The average Bonchev–Trinajstić information content (AvgIpc) is 3.10. The number of guanidine groups is 1. The van der Waals surface area contributed by atoms with Crippen molar-refractivity contribution in [1.82, 2.24) is 20.0 Å². The van der Waals surface area contributed by atoms with Gasteiger partial charge < -0.3 is 15.1 Å². The molecule has 144 valence electrons. The van der Waals surface area contributed by atoms with Crippen LogP contribution in [0.2, 0.25) is 0 Å². The van der Waals surface area contributed by atoms with Crippen LogP contribution in [0.1, 0.15) is 31.4 Å². The van der Waals surface area contributed by atoms with E-state index in [4.69, 9.17) is 0 Å². The molecule has 0 radical (unpaired) electrons. The Labute approximate surface area is 159 Å². The molecule has 1 aromatic carbocycles. The molecule has 2 atom stereocenters. The molecule has 0 spiro atoms. The van der Waals surface area contributed by atoms with Crippen molar-refractivity contribution in [3.8, 4) is 0 Å². The van der Waals surface area contributed by atoms with Gasteiger partial charge in [0.1, 0.15) is 0 Å². The molecule has 5 heteroatoms. The molecule has 0 aliphatic carbocycles. The molecule has 0 saturated carbocycles. The van der Waals surface area contributed by atoms with Crippen molar-refractivity contribution >= 4 is 5.96 Å². The number of aliphatic imine (C=N–C) groups is 1. The zero-order valence-corrected chi connectivity index (χ0v) is 16.7. The van der Waals surface area contributed by atoms with Gasteiger partial charge >= 0.3 is 0 Å². The van der Waals surface area contributed by atoms with E-state index in [1.807, 2.05) is 7.05 Å². The molecule has 0 amide bonds. The standard InChI is InChI=1S/C21H35N5/c1-4-20(19-8-6-5-7-9-19)25-12-14-26(15-13-25)21(22-2)23-16-18-10-11-24(3)17-18/h5-9,18,20H,4,10-17H2,1-3H3,(H,22,23). The summed E-state index contributed by atoms with van der Waals surface area (Å²) in [4.78, 5) is 12.0. The molecular weight excluding hydrogens is 322 g/mol. The Balaban J connectivity index is 1.50. The van der Waals surface area contributed by atoms with E-state index in [-0.39, 0.29) is 0 Å². The van der Waals surface area contributed by atoms with Crippen molar-refractivity contribution in [3.63, 3.8) is 0 Å². The van der Waals surface area contributed by atoms with E-state index in [1.165, 1.54) is 25.1 Å². The third-order valence-corrected chi connectivity index (χ3v) is 5.88. The van der Waals surface area contributed by atoms with Crippen LogP contribution in [0.15, 0.2) is 35.3 Å². The summed E-state index contributed by atoms with van der Waals surface area (Å²) in [5, 5.41) is 3.62. The predicted molar refractivity (Wildman–Crippen MR) is 110 cm³/mol. The van der Waals surface area contributed by atoms with Gasteiger partial charge in [-0.05, 0) is 37.9 Å². The van der Waals surface area contributed by atoms with Gasteiger partial charge in [0.2, 0.25) is 0 Å². The highest BCUT2D eigenvalue weighted by Crippen LogP contribution is 2.25. The van der Waals surface area contributed by atoms with Gasteiger partial charge in [-0.1, -0.05) is 37.3 Å². The molecule has 26 heavy (non-hydrogen) atoms. The number of likely N-dealkylation sites (tertiary alicyclic amines) is 1. The van der Waals surface area contributed by atoms with Gasteiger partial charge in [-0.2, -0.15) is 0 Å². The van der Waals surface area contributed by atoms with Crippen LogP contribution in [0.25, 0.3) is 0 Å². The first-order chi connectivity index (χ1) is 12.7. The van der Waals surface area contributed by atoms with Crippen molar-refractivity contribution in [3.05, 3.63) is 35.9 Å². The maximum absolute atomic E-state index is 4.54. The summed E-state index contributed by atoms with van der Waals surface area (Å²) in [6, 6.07) is 11.5. The van der Waals surface area contributed by atoms with Crippen LogP contribution >= 0.6 is 0 Å². The van der Waals surface area contributed by atoms with Crippen LogP contribution in [0.5, 0.6) is 0 Å². The lowest BCUT2D eigenvalue weighted by Gasteiger charge is -2.40. The Kier molecular flexibility index (Phi) is 6.92. The molecule has 0 bridgehead atoms. The number of hydrogen-bond acceptors (Lipinski definition) is 3. The third-order valence-electron chi connectivity index (χ3n) is 5.88. The van der Waals surface area contributed by atoms with Crippen LogP contribution in [0.4, 0.5) is 0 Å². The first-order valence-electron chi connectivity index (χ1n) is 10.1. The second-order valence-electron chi connectivity index (χ2n) is 7.70. The van der Waals surface area contributed by atoms with E-state index >= 15 is 0 Å². The van der Waals surface area contributed by atoms with Gasteiger partial charge in [-0.3, -0.25) is 9.89 Å². The molecule has 2 heterocycles. The lowest BCUT2D eigenvalue weighted by Crippen LogP contribution is -2.53. The van der Waals surface area contributed by atoms with Crippen molar-refractivity contribution in [2.45, 2.75) is 25.8 Å². The zero-order chi connectivity index (χ0) is 18.4. The monoisotopic (exact) mass is 357 g/mol. The Hall–Kier alpha value is -1.59. The Morgan fingerprint density at radius 2 is 1.88 bits per heavy atom. The van der Waals surface area contributed by atoms with E-state index in [0.717, 1.165) is 51.0 Å². The van der Waals surface area contributed by atoms with Gasteiger partial charge in [0.15, 0.2) is 5.96 Å². The molecule has 3 rings (SSSR count). The summed E-state index contributed by atoms with van der Waals surface area (Å²) in [5.74, 6) is 1.83. The summed E-state index contributed by atoms with van der Waals surface area (Å²) in [7, 11) is 4.12. The fourth-order valence-electron chi connectivity index (χ4n) is 4.39. The molecule has 5 nitrogen and oxygen atoms in total. The van der Waals surface area contributed by atoms with Gasteiger partial charge in [0.25, 0.3) is 0 Å². The van der Waals surface area contributed by atoms with Crippen molar-refractivity contribution < 1.29 is 0 Å². The van der Waals surface area contributed by atoms with E-state index in [9.17, 15) is 0 Å². The number of nitrogens with zero attached hydrogens (tertiary/aromatic N) is 4. The van der Waals surface area contributed by atoms with Crippen LogP contribution < -0.4 is 5.32 Å². The Morgan fingerprint density at radius 1 is 1.15 bits per heavy atom. The van der Waals surface area contributed by atoms with E-state index < -0.39 is 0 Å². The van der Waals surface area contributed by atoms with Gasteiger partial charge in [0, 0.05) is 52.4 Å². The number of rotatable bonds is 5. The summed E-state index contributed by atoms with van der Waals surface area (Å²) in [6.07, 6.45) is 2.45. The molecule has 2 aliphatic heterocycles. The topological polar surface area (TPSA) is 34.1 Å². The van der Waals surface area contributed by atoms with Crippen LogP contribution in [0, 0.1) is 5.92 Å². The smallest absolute Gasteiger partial charge is 0.193 e. The molecule has 2 saturated heterocycles. The predicted octanol–water partition coefficient (Wildman–Crippen LogP) is 2.28. The lowest BCUT2D eigenvalue weighted by molar-refractivity contribution is 0.126. The summed E-state index contributed by atoms with van der Waals surface area (Å²) in [6.45, 7) is 10.1. The third kappa shape index (κ3) is 4.77. The first kappa shape index (κ1) is 19.2. The second-order valence-corrected chi connectivity index (χ2v) is 7.70. The minimum Gasteiger partial charge on any atom is -0.356 e. The van der Waals surface area contributed by atoms with E-state index in [2.05, 4.69) is 69.3 Å². The SMILES string of the molecule is CCC(c1ccccc1)N1CCN(C(=NC)NCC2CCN(C)C2)CC1. The summed E-state index contributed by atoms with van der Waals surface area (Å²) < 4.78 is 0. The fraction of sp³-hybridized carbons (Fsp3) is 0.667. The average molecular weight is 358 g/mol. The Morgan fingerprint density at radius 3 is 2.46 bits per heavy atom. The van der Waals surface area contributed by atoms with Gasteiger partial charge in [0.05, 0.1) is 0 Å². The largest absolute Gasteiger partial charge is 0.356 e. The van der Waals surface area contributed by atoms with Crippen LogP contribution in [0.3, 0.4) is 0 Å². The molecule has 0 aromatic heterocycles. The van der Waals surface area contributed by atoms with E-state index in [1.54, 1.807) is 0 Å². The van der Waals surface area contributed by atoms with Gasteiger partial charge in [-0.15, -0.1) is 0 Å². The van der Waals surface area contributed by atoms with Crippen molar-refractivity contribution in [2.24, 2.45) is 10.9 Å². The minimum atomic E-state index is 0.530. The zero-order valence-electron chi connectivity index (χ0n) is 16.7. The quantitative estimate of drug-likeness (QED) is 0.648. The fourth-order valence-corrected chi connectivity index (χ4v) is 4.39. The second kappa shape index (κ2) is 9.38. The summed E-state index contributed by atoms with van der Waals surface area (Å²) in [5.41, 5.74) is 1.44. The van der Waals surface area contributed by atoms with Crippen LogP contribution in [-0.4, -0.2) is 80.6 Å². The molecule has 1 N–H and O–H groups in total. The van der Waals surface area contributed by atoms with Crippen LogP contribution in [-0.2, 0) is 0 Å². The number of nitrogens with one attached hydrogen (secondary N) is 1. The highest BCUT2D eigenvalue weighted by molar-refractivity contribution is 5.80. The highest BCUT2D eigenvalue weighted by Gasteiger charge is 2.26. The molecular formula is C21H35N5. The molecule has 1 aromatic rings. The highest BCUT2D eigenvalue weighted by atomic mass is 15.4.